The number of amides is 2. The van der Waals surface area contributed by atoms with Crippen molar-refractivity contribution >= 4 is 17.8 Å². The molecule has 2 amide bonds. The molecule has 32 heavy (non-hydrogen) atoms. The minimum atomic E-state index is -1.13. The number of aliphatic carboxylic acids is 1. The molecular formula is C23H24N2O7. The predicted molar refractivity (Wildman–Crippen MR) is 112 cm³/mol. The summed E-state index contributed by atoms with van der Waals surface area (Å²) < 4.78 is 17.0. The van der Waals surface area contributed by atoms with Crippen molar-refractivity contribution in [2.24, 2.45) is 0 Å². The molecule has 2 aliphatic rings. The summed E-state index contributed by atoms with van der Waals surface area (Å²) in [6.45, 7) is 0.593. The van der Waals surface area contributed by atoms with Gasteiger partial charge < -0.3 is 29.5 Å². The van der Waals surface area contributed by atoms with Crippen LogP contribution in [0.25, 0.3) is 0 Å². The van der Waals surface area contributed by atoms with Crippen LogP contribution >= 0.6 is 0 Å². The number of carboxylic acid groups (broad SMARTS) is 1. The second kappa shape index (κ2) is 9.37. The van der Waals surface area contributed by atoms with Crippen molar-refractivity contribution in [3.63, 3.8) is 0 Å². The highest BCUT2D eigenvalue weighted by Crippen LogP contribution is 2.34. The van der Waals surface area contributed by atoms with Crippen molar-refractivity contribution in [2.75, 3.05) is 26.3 Å². The van der Waals surface area contributed by atoms with Gasteiger partial charge in [0.25, 0.3) is 5.91 Å². The van der Waals surface area contributed by atoms with Crippen molar-refractivity contribution < 1.29 is 33.7 Å². The number of nitrogens with zero attached hydrogens (tertiary/aromatic N) is 1. The van der Waals surface area contributed by atoms with Gasteiger partial charge in [-0.2, -0.15) is 0 Å². The lowest BCUT2D eigenvalue weighted by Crippen LogP contribution is -2.47. The van der Waals surface area contributed by atoms with Crippen LogP contribution in [0.2, 0.25) is 0 Å². The Labute approximate surface area is 184 Å². The molecule has 9 nitrogen and oxygen atoms in total. The average Bonchev–Trinajstić information content (AvgIpc) is 3.18. The fourth-order valence-electron chi connectivity index (χ4n) is 3.81. The van der Waals surface area contributed by atoms with Gasteiger partial charge >= 0.3 is 5.97 Å². The van der Waals surface area contributed by atoms with E-state index >= 15 is 0 Å². The minimum Gasteiger partial charge on any atom is -0.480 e. The van der Waals surface area contributed by atoms with E-state index in [1.807, 2.05) is 30.3 Å². The second-order valence-corrected chi connectivity index (χ2v) is 7.66. The summed E-state index contributed by atoms with van der Waals surface area (Å²) in [6.07, 6.45) is 0.781. The SMILES string of the molecule is O=C(NCC(=O)N1CC2(C[C@H]1C(=O)O)OCCCO2)c1ccc(Oc2ccccc2)cc1. The van der Waals surface area contributed by atoms with Crippen molar-refractivity contribution in [3.05, 3.63) is 60.2 Å². The molecule has 1 atom stereocenters. The molecule has 2 N–H and O–H groups in total. The molecule has 0 aromatic heterocycles. The van der Waals surface area contributed by atoms with Crippen molar-refractivity contribution in [3.8, 4) is 11.5 Å². The first-order chi connectivity index (χ1) is 15.5. The zero-order valence-electron chi connectivity index (χ0n) is 17.4. The van der Waals surface area contributed by atoms with Gasteiger partial charge in [-0.05, 0) is 42.8 Å². The number of benzene rings is 2. The molecule has 2 fully saturated rings. The van der Waals surface area contributed by atoms with Crippen LogP contribution in [0.1, 0.15) is 23.2 Å². The smallest absolute Gasteiger partial charge is 0.326 e. The zero-order valence-corrected chi connectivity index (χ0v) is 17.4. The largest absolute Gasteiger partial charge is 0.480 e. The highest BCUT2D eigenvalue weighted by Gasteiger charge is 2.51. The normalized spacial score (nSPS) is 19.5. The highest BCUT2D eigenvalue weighted by atomic mass is 16.7. The number of carboxylic acids is 1. The maximum atomic E-state index is 12.7. The quantitative estimate of drug-likeness (QED) is 0.706. The Morgan fingerprint density at radius 1 is 1.03 bits per heavy atom. The van der Waals surface area contributed by atoms with Gasteiger partial charge in [-0.15, -0.1) is 0 Å². The Hall–Kier alpha value is -3.43. The van der Waals surface area contributed by atoms with Crippen LogP contribution in [0, 0.1) is 0 Å². The van der Waals surface area contributed by atoms with E-state index in [4.69, 9.17) is 14.2 Å². The molecule has 0 radical (unpaired) electrons. The number of carbonyl (C=O) groups is 3. The lowest BCUT2D eigenvalue weighted by atomic mass is 10.1. The number of para-hydroxylation sites is 1. The Balaban J connectivity index is 1.33. The van der Waals surface area contributed by atoms with E-state index in [9.17, 15) is 19.5 Å². The molecule has 0 bridgehead atoms. The van der Waals surface area contributed by atoms with Crippen molar-refractivity contribution in [1.29, 1.82) is 0 Å². The second-order valence-electron chi connectivity index (χ2n) is 7.66. The molecule has 0 unspecified atom stereocenters. The van der Waals surface area contributed by atoms with Gasteiger partial charge in [0.05, 0.1) is 26.3 Å². The van der Waals surface area contributed by atoms with Crippen LogP contribution in [0.3, 0.4) is 0 Å². The third kappa shape index (κ3) is 4.90. The molecule has 0 saturated carbocycles. The lowest BCUT2D eigenvalue weighted by molar-refractivity contribution is -0.257. The van der Waals surface area contributed by atoms with Crippen LogP contribution in [0.4, 0.5) is 0 Å². The maximum absolute atomic E-state index is 12.7. The highest BCUT2D eigenvalue weighted by molar-refractivity contribution is 5.97. The number of carbonyl (C=O) groups excluding carboxylic acids is 2. The van der Waals surface area contributed by atoms with Crippen molar-refractivity contribution in [1.82, 2.24) is 10.2 Å². The summed E-state index contributed by atoms with van der Waals surface area (Å²) in [5.74, 6) is -1.93. The monoisotopic (exact) mass is 440 g/mol. The number of rotatable bonds is 6. The van der Waals surface area contributed by atoms with Gasteiger partial charge in [0.2, 0.25) is 5.91 Å². The van der Waals surface area contributed by atoms with Crippen LogP contribution in [0.5, 0.6) is 11.5 Å². The zero-order chi connectivity index (χ0) is 22.6. The number of likely N-dealkylation sites (tertiary alicyclic amines) is 1. The third-order valence-electron chi connectivity index (χ3n) is 5.41. The topological polar surface area (TPSA) is 114 Å². The van der Waals surface area contributed by atoms with Gasteiger partial charge in [0.15, 0.2) is 5.79 Å². The molecule has 2 saturated heterocycles. The molecule has 1 spiro atoms. The summed E-state index contributed by atoms with van der Waals surface area (Å²) in [5.41, 5.74) is 0.352. The first-order valence-electron chi connectivity index (χ1n) is 10.4. The van der Waals surface area contributed by atoms with Crippen molar-refractivity contribution in [2.45, 2.75) is 24.7 Å². The molecular weight excluding hydrogens is 416 g/mol. The molecule has 2 heterocycles. The molecule has 4 rings (SSSR count). The van der Waals surface area contributed by atoms with Gasteiger partial charge in [-0.3, -0.25) is 9.59 Å². The van der Waals surface area contributed by atoms with Gasteiger partial charge in [0.1, 0.15) is 17.5 Å². The molecule has 0 aliphatic carbocycles. The van der Waals surface area contributed by atoms with E-state index in [-0.39, 0.29) is 19.5 Å². The summed E-state index contributed by atoms with van der Waals surface area (Å²) in [5, 5.41) is 12.1. The lowest BCUT2D eigenvalue weighted by Gasteiger charge is -2.33. The van der Waals surface area contributed by atoms with Gasteiger partial charge in [0, 0.05) is 12.0 Å². The molecule has 2 aromatic rings. The predicted octanol–water partition coefficient (Wildman–Crippen LogP) is 2.03. The maximum Gasteiger partial charge on any atom is 0.326 e. The molecule has 2 aromatic carbocycles. The van der Waals surface area contributed by atoms with E-state index in [0.717, 1.165) is 6.42 Å². The number of ether oxygens (including phenoxy) is 3. The first-order valence-corrected chi connectivity index (χ1v) is 10.4. The van der Waals surface area contributed by atoms with Crippen LogP contribution < -0.4 is 10.1 Å². The fraction of sp³-hybridized carbons (Fsp3) is 0.348. The first kappa shape index (κ1) is 21.8. The average molecular weight is 440 g/mol. The Morgan fingerprint density at radius 2 is 1.69 bits per heavy atom. The summed E-state index contributed by atoms with van der Waals surface area (Å²) >= 11 is 0. The van der Waals surface area contributed by atoms with E-state index < -0.39 is 29.6 Å². The Kier molecular flexibility index (Phi) is 6.38. The van der Waals surface area contributed by atoms with E-state index in [2.05, 4.69) is 5.32 Å². The molecule has 2 aliphatic heterocycles. The van der Waals surface area contributed by atoms with E-state index in [0.29, 0.717) is 30.3 Å². The Morgan fingerprint density at radius 3 is 2.34 bits per heavy atom. The van der Waals surface area contributed by atoms with Crippen LogP contribution in [0.15, 0.2) is 54.6 Å². The number of nitrogens with one attached hydrogen (secondary N) is 1. The van der Waals surface area contributed by atoms with Gasteiger partial charge in [-0.25, -0.2) is 4.79 Å². The number of hydrogen-bond acceptors (Lipinski definition) is 6. The number of hydrogen-bond donors (Lipinski definition) is 2. The van der Waals surface area contributed by atoms with Gasteiger partial charge in [-0.1, -0.05) is 18.2 Å². The fourth-order valence-corrected chi connectivity index (χ4v) is 3.81. The van der Waals surface area contributed by atoms with E-state index in [1.54, 1.807) is 24.3 Å². The molecule has 168 valence electrons. The molecule has 9 heteroatoms. The summed E-state index contributed by atoms with van der Waals surface area (Å²) in [7, 11) is 0. The summed E-state index contributed by atoms with van der Waals surface area (Å²) in [4.78, 5) is 38.0. The summed E-state index contributed by atoms with van der Waals surface area (Å²) in [6, 6.07) is 14.7. The van der Waals surface area contributed by atoms with Crippen LogP contribution in [-0.4, -0.2) is 65.9 Å². The van der Waals surface area contributed by atoms with E-state index in [1.165, 1.54) is 4.90 Å². The Bertz CT molecular complexity index is 972. The minimum absolute atomic E-state index is 0.0180. The standard InChI is InChI=1S/C23H24N2O7/c26-20(25-15-23(13-19(25)22(28)29)30-11-4-12-31-23)14-24-21(27)16-7-9-18(10-8-16)32-17-5-2-1-3-6-17/h1-3,5-10,19H,4,11-15H2,(H,24,27)(H,28,29)/t19-/m0/s1. The third-order valence-corrected chi connectivity index (χ3v) is 5.41. The van der Waals surface area contributed by atoms with Crippen LogP contribution in [-0.2, 0) is 19.1 Å².